The van der Waals surface area contributed by atoms with Gasteiger partial charge in [-0.25, -0.2) is 0 Å². The predicted molar refractivity (Wildman–Crippen MR) is 292 cm³/mol. The van der Waals surface area contributed by atoms with Gasteiger partial charge in [-0.15, -0.1) is 0 Å². The predicted octanol–water partition coefficient (Wildman–Crippen LogP) is 12.8. The molecule has 8 saturated carbocycles. The van der Waals surface area contributed by atoms with Crippen LogP contribution in [0.1, 0.15) is 215 Å². The molecule has 21 atom stereocenters. The van der Waals surface area contributed by atoms with Crippen LogP contribution >= 0.6 is 0 Å². The number of rotatable bonds is 11. The maximum Gasteiger partial charge on any atom is 0.115 e. The van der Waals surface area contributed by atoms with E-state index in [9.17, 15) is 30.6 Å². The van der Waals surface area contributed by atoms with Gasteiger partial charge in [0.1, 0.15) is 11.5 Å². The summed E-state index contributed by atoms with van der Waals surface area (Å²) in [5.41, 5.74) is 6.26. The smallest absolute Gasteiger partial charge is 0.115 e. The molecular weight excluding hydrogens is 925 g/mol. The van der Waals surface area contributed by atoms with E-state index in [1.54, 1.807) is 7.11 Å². The molecule has 9 nitrogen and oxygen atoms in total. The molecule has 2 aromatic carbocycles. The standard InChI is InChI=1S/C25H38O3.C21H36O3.C19H26O3/c1-3-28-14-6-4-5-7-17-15-22-20(19-9-8-18(26)16-21(17)19)12-13-25(2)23(22)10-11-24(25)27;1-20-8-6-14(22)11-18(20)13(12-24-3)10-15-16-4-5-19(23)21(16,2)9-7-17(15)20;1-22-10-11-8-18-14(13-3-2-12(20)9-17(11)13)4-5-16-15(18)6-7-19(16)21/h8-9,16-17,20,22-24,26-27H,3-7,10-15H2,1-2H3;13-19,22-23H,4-12H2,1-3H3;2-3,9,11,14-16,18-21H,4-8,10H2,1H3/t17-,20-,22-,23+,24+,25+;13-,14?,15-,16-,17-,18?,19-,20+,21-;11-,14+,15+,16?,18+,19-/m100/s1. The number of ether oxygens (including phenoxy) is 3. The molecule has 3 unspecified atom stereocenters. The fourth-order valence-corrected chi connectivity index (χ4v) is 20.4. The van der Waals surface area contributed by atoms with Crippen LogP contribution in [0.2, 0.25) is 0 Å². The second-order valence-corrected chi connectivity index (χ2v) is 27.3. The van der Waals surface area contributed by atoms with Gasteiger partial charge in [-0.05, 0) is 275 Å². The van der Waals surface area contributed by atoms with E-state index in [0.717, 1.165) is 96.1 Å². The zero-order valence-corrected chi connectivity index (χ0v) is 46.6. The Hall–Kier alpha value is -2.24. The third-order valence-electron chi connectivity index (χ3n) is 24.1. The van der Waals surface area contributed by atoms with E-state index < -0.39 is 0 Å². The number of phenolic OH excluding ortho intramolecular Hbond substituents is 2. The van der Waals surface area contributed by atoms with Crippen molar-refractivity contribution in [3.63, 3.8) is 0 Å². The SMILES string of the molecule is CCOCCCCC[C@@H]1C[C@@H]2[C@H](CC[C@]3(C)[C@@H](O)CC[C@@H]23)c2ccc(O)cc21.COC[C@@H]1C[C@@H]2[C@H](CCC3[C@H]2CC[C@@H]3O)c2ccc(O)cc21.COC[C@@H]1C[C@H]2[C@@H]3CC[C@H](O)[C@@]3(C)CC[C@@H]2[C@@]2(C)CCC(O)CC12. The molecule has 9 heteroatoms. The number of methoxy groups -OCH3 is 2. The molecule has 0 amide bonds. The Kier molecular flexibility index (Phi) is 17.0. The van der Waals surface area contributed by atoms with Crippen LogP contribution < -0.4 is 0 Å². The monoisotopic (exact) mass is 1020 g/mol. The Morgan fingerprint density at radius 2 is 1.09 bits per heavy atom. The average Bonchev–Trinajstić information content (AvgIpc) is 4.03. The van der Waals surface area contributed by atoms with Crippen molar-refractivity contribution in [2.75, 3.05) is 40.6 Å². The average molecular weight is 1030 g/mol. The Labute approximate surface area is 446 Å². The number of benzene rings is 2. The number of hydrogen-bond acceptors (Lipinski definition) is 9. The fourth-order valence-electron chi connectivity index (χ4n) is 20.4. The molecule has 6 N–H and O–H groups in total. The van der Waals surface area contributed by atoms with Crippen molar-refractivity contribution in [2.45, 2.75) is 217 Å². The molecule has 10 aliphatic carbocycles. The number of aliphatic hydroxyl groups excluding tert-OH is 4. The van der Waals surface area contributed by atoms with Crippen molar-refractivity contribution in [3.8, 4) is 11.5 Å². The zero-order valence-electron chi connectivity index (χ0n) is 46.6. The highest BCUT2D eigenvalue weighted by molar-refractivity contribution is 5.44. The maximum absolute atomic E-state index is 10.7. The highest BCUT2D eigenvalue weighted by Crippen LogP contribution is 2.68. The molecule has 0 spiro atoms. The topological polar surface area (TPSA) is 149 Å². The van der Waals surface area contributed by atoms with Crippen LogP contribution in [0.3, 0.4) is 0 Å². The number of phenols is 2. The molecule has 0 aliphatic heterocycles. The van der Waals surface area contributed by atoms with E-state index in [1.165, 1.54) is 106 Å². The lowest BCUT2D eigenvalue weighted by atomic mass is 9.43. The first-order valence-corrected chi connectivity index (χ1v) is 30.6. The Balaban J connectivity index is 0.000000128. The minimum absolute atomic E-state index is 0.0759. The summed E-state index contributed by atoms with van der Waals surface area (Å²) < 4.78 is 16.6. The summed E-state index contributed by atoms with van der Waals surface area (Å²) in [6, 6.07) is 12.1. The summed E-state index contributed by atoms with van der Waals surface area (Å²) in [7, 11) is 3.59. The summed E-state index contributed by atoms with van der Waals surface area (Å²) in [5, 5.41) is 61.9. The quantitative estimate of drug-likeness (QED) is 0.121. The Morgan fingerprint density at radius 3 is 1.77 bits per heavy atom. The molecular formula is C65H100O9. The van der Waals surface area contributed by atoms with Gasteiger partial charge < -0.3 is 44.8 Å². The highest BCUT2D eigenvalue weighted by atomic mass is 16.5. The lowest BCUT2D eigenvalue weighted by Crippen LogP contribution is -2.57. The number of aromatic hydroxyl groups is 2. The van der Waals surface area contributed by atoms with Crippen molar-refractivity contribution >= 4 is 0 Å². The van der Waals surface area contributed by atoms with Gasteiger partial charge >= 0.3 is 0 Å². The fraction of sp³-hybridized carbons (Fsp3) is 0.815. The third kappa shape index (κ3) is 10.2. The Morgan fingerprint density at radius 1 is 0.500 bits per heavy atom. The van der Waals surface area contributed by atoms with Gasteiger partial charge in [0, 0.05) is 40.0 Å². The first-order valence-electron chi connectivity index (χ1n) is 30.6. The van der Waals surface area contributed by atoms with E-state index in [-0.39, 0.29) is 35.2 Å². The van der Waals surface area contributed by atoms with Crippen LogP contribution in [0.5, 0.6) is 11.5 Å². The third-order valence-corrected chi connectivity index (χ3v) is 24.1. The van der Waals surface area contributed by atoms with Crippen LogP contribution in [0, 0.1) is 75.4 Å². The minimum atomic E-state index is -0.114. The van der Waals surface area contributed by atoms with Crippen LogP contribution in [-0.2, 0) is 14.2 Å². The molecule has 10 aliphatic rings. The summed E-state index contributed by atoms with van der Waals surface area (Å²) in [4.78, 5) is 0. The molecule has 0 heterocycles. The molecule has 414 valence electrons. The molecule has 0 bridgehead atoms. The van der Waals surface area contributed by atoms with E-state index >= 15 is 0 Å². The van der Waals surface area contributed by atoms with Gasteiger partial charge in [-0.2, -0.15) is 0 Å². The summed E-state index contributed by atoms with van der Waals surface area (Å²) in [6.45, 7) is 12.5. The first-order chi connectivity index (χ1) is 35.6. The molecule has 0 radical (unpaired) electrons. The van der Waals surface area contributed by atoms with Crippen LogP contribution in [0.15, 0.2) is 36.4 Å². The lowest BCUT2D eigenvalue weighted by Gasteiger charge is -2.62. The van der Waals surface area contributed by atoms with E-state index in [4.69, 9.17) is 14.2 Å². The summed E-state index contributed by atoms with van der Waals surface area (Å²) in [6.07, 6.45) is 24.8. The maximum atomic E-state index is 10.7. The van der Waals surface area contributed by atoms with Crippen molar-refractivity contribution in [1.29, 1.82) is 0 Å². The van der Waals surface area contributed by atoms with E-state index in [0.29, 0.717) is 87.9 Å². The molecule has 0 saturated heterocycles. The van der Waals surface area contributed by atoms with Crippen LogP contribution in [-0.4, -0.2) is 95.7 Å². The summed E-state index contributed by atoms with van der Waals surface area (Å²) in [5.74, 6) is 9.56. The number of fused-ring (bicyclic) bond motifs is 15. The lowest BCUT2D eigenvalue weighted by molar-refractivity contribution is -0.162. The van der Waals surface area contributed by atoms with Gasteiger partial charge in [0.25, 0.3) is 0 Å². The van der Waals surface area contributed by atoms with E-state index in [2.05, 4.69) is 39.8 Å². The van der Waals surface area contributed by atoms with Crippen LogP contribution in [0.4, 0.5) is 0 Å². The van der Waals surface area contributed by atoms with Crippen molar-refractivity contribution in [1.82, 2.24) is 0 Å². The minimum Gasteiger partial charge on any atom is -0.508 e. The van der Waals surface area contributed by atoms with Gasteiger partial charge in [0.2, 0.25) is 0 Å². The van der Waals surface area contributed by atoms with Gasteiger partial charge in [0.05, 0.1) is 31.0 Å². The normalized spacial score (nSPS) is 44.2. The number of aliphatic hydroxyl groups is 4. The molecule has 2 aromatic rings. The van der Waals surface area contributed by atoms with Crippen molar-refractivity contribution < 1.29 is 44.8 Å². The van der Waals surface area contributed by atoms with Crippen molar-refractivity contribution in [3.05, 3.63) is 58.7 Å². The van der Waals surface area contributed by atoms with Gasteiger partial charge in [-0.1, -0.05) is 45.7 Å². The first kappa shape index (κ1) is 55.1. The van der Waals surface area contributed by atoms with Crippen molar-refractivity contribution in [2.24, 2.45) is 75.4 Å². The highest BCUT2D eigenvalue weighted by Gasteiger charge is 2.62. The summed E-state index contributed by atoms with van der Waals surface area (Å²) >= 11 is 0. The number of unbranched alkanes of at least 4 members (excludes halogenated alkanes) is 2. The molecule has 8 fully saturated rings. The Bertz CT molecular complexity index is 2180. The number of hydrogen-bond donors (Lipinski definition) is 6. The zero-order chi connectivity index (χ0) is 52.1. The molecule has 74 heavy (non-hydrogen) atoms. The molecule has 0 aromatic heterocycles. The van der Waals surface area contributed by atoms with Gasteiger partial charge in [0.15, 0.2) is 0 Å². The second-order valence-electron chi connectivity index (χ2n) is 27.3. The van der Waals surface area contributed by atoms with E-state index in [1.807, 2.05) is 31.4 Å². The van der Waals surface area contributed by atoms with Gasteiger partial charge in [-0.3, -0.25) is 0 Å². The largest absolute Gasteiger partial charge is 0.508 e. The second kappa shape index (κ2) is 22.9. The van der Waals surface area contributed by atoms with Crippen LogP contribution in [0.25, 0.3) is 0 Å². The molecule has 12 rings (SSSR count).